The van der Waals surface area contributed by atoms with E-state index in [-0.39, 0.29) is 11.9 Å². The van der Waals surface area contributed by atoms with Crippen LogP contribution in [0, 0.1) is 5.82 Å². The van der Waals surface area contributed by atoms with E-state index in [2.05, 4.69) is 24.2 Å². The molecule has 1 N–H and O–H groups in total. The maximum absolute atomic E-state index is 12.8. The second-order valence-electron chi connectivity index (χ2n) is 4.96. The number of likely N-dealkylation sites (tertiary alicyclic amines) is 1. The fourth-order valence-corrected chi connectivity index (χ4v) is 2.42. The largest absolute Gasteiger partial charge is 0.309 e. The number of rotatable bonds is 4. The molecule has 0 amide bonds. The minimum absolute atomic E-state index is 0.170. The summed E-state index contributed by atoms with van der Waals surface area (Å²) in [4.78, 5) is 2.41. The molecular formula is C14H21FN2. The molecular weight excluding hydrogens is 215 g/mol. The third-order valence-corrected chi connectivity index (χ3v) is 3.70. The number of hydrogen-bond donors (Lipinski definition) is 1. The molecule has 0 saturated carbocycles. The fraction of sp³-hybridized carbons (Fsp3) is 0.571. The minimum Gasteiger partial charge on any atom is -0.309 e. The van der Waals surface area contributed by atoms with Crippen molar-refractivity contribution in [2.45, 2.75) is 31.8 Å². The smallest absolute Gasteiger partial charge is 0.123 e. The summed E-state index contributed by atoms with van der Waals surface area (Å²) in [6, 6.07) is 7.68. The quantitative estimate of drug-likeness (QED) is 0.864. The van der Waals surface area contributed by atoms with Crippen molar-refractivity contribution in [3.63, 3.8) is 0 Å². The lowest BCUT2D eigenvalue weighted by molar-refractivity contribution is 0.293. The number of nitrogens with zero attached hydrogens (tertiary/aromatic N) is 1. The first-order valence-electron chi connectivity index (χ1n) is 6.36. The molecule has 1 aliphatic heterocycles. The van der Waals surface area contributed by atoms with Crippen LogP contribution in [-0.2, 0) is 0 Å². The lowest BCUT2D eigenvalue weighted by Crippen LogP contribution is -2.36. The van der Waals surface area contributed by atoms with Crippen LogP contribution in [0.3, 0.4) is 0 Å². The Morgan fingerprint density at radius 3 is 2.71 bits per heavy atom. The summed E-state index contributed by atoms with van der Waals surface area (Å²) in [5.74, 6) is -0.170. The van der Waals surface area contributed by atoms with E-state index in [4.69, 9.17) is 0 Å². The molecule has 17 heavy (non-hydrogen) atoms. The predicted octanol–water partition coefficient (Wildman–Crippen LogP) is 2.57. The van der Waals surface area contributed by atoms with Gasteiger partial charge in [0.25, 0.3) is 0 Å². The van der Waals surface area contributed by atoms with Crippen molar-refractivity contribution in [3.05, 3.63) is 35.6 Å². The normalized spacial score (nSPS) is 22.9. The Morgan fingerprint density at radius 1 is 1.41 bits per heavy atom. The van der Waals surface area contributed by atoms with Crippen LogP contribution in [-0.4, -0.2) is 31.1 Å². The summed E-state index contributed by atoms with van der Waals surface area (Å²) < 4.78 is 12.8. The molecule has 2 nitrogen and oxygen atoms in total. The molecule has 1 saturated heterocycles. The van der Waals surface area contributed by atoms with Crippen LogP contribution in [0.25, 0.3) is 0 Å². The van der Waals surface area contributed by atoms with Gasteiger partial charge in [0, 0.05) is 18.6 Å². The van der Waals surface area contributed by atoms with E-state index in [9.17, 15) is 4.39 Å². The van der Waals surface area contributed by atoms with Crippen LogP contribution < -0.4 is 5.32 Å². The SMILES string of the molecule is CC(NCC1CCCN1C)c1ccc(F)cc1. The van der Waals surface area contributed by atoms with E-state index >= 15 is 0 Å². The standard InChI is InChI=1S/C14H21FN2/c1-11(12-5-7-13(15)8-6-12)16-10-14-4-3-9-17(14)2/h5-8,11,14,16H,3-4,9-10H2,1-2H3. The Morgan fingerprint density at radius 2 is 2.12 bits per heavy atom. The van der Waals surface area contributed by atoms with Gasteiger partial charge in [-0.05, 0) is 51.1 Å². The zero-order valence-electron chi connectivity index (χ0n) is 10.6. The molecule has 0 aliphatic carbocycles. The third kappa shape index (κ3) is 3.27. The third-order valence-electron chi connectivity index (χ3n) is 3.70. The summed E-state index contributed by atoms with van der Waals surface area (Å²) in [5, 5.41) is 3.53. The van der Waals surface area contributed by atoms with E-state index in [1.165, 1.54) is 31.5 Å². The molecule has 1 aliphatic rings. The highest BCUT2D eigenvalue weighted by atomic mass is 19.1. The van der Waals surface area contributed by atoms with E-state index in [0.717, 1.165) is 12.1 Å². The maximum Gasteiger partial charge on any atom is 0.123 e. The van der Waals surface area contributed by atoms with Crippen molar-refractivity contribution in [1.29, 1.82) is 0 Å². The van der Waals surface area contributed by atoms with Gasteiger partial charge >= 0.3 is 0 Å². The van der Waals surface area contributed by atoms with Crippen LogP contribution in [0.1, 0.15) is 31.4 Å². The van der Waals surface area contributed by atoms with Crippen molar-refractivity contribution in [2.75, 3.05) is 20.1 Å². The van der Waals surface area contributed by atoms with E-state index < -0.39 is 0 Å². The molecule has 1 heterocycles. The highest BCUT2D eigenvalue weighted by molar-refractivity contribution is 5.19. The summed E-state index contributed by atoms with van der Waals surface area (Å²) in [7, 11) is 2.18. The number of nitrogens with one attached hydrogen (secondary N) is 1. The van der Waals surface area contributed by atoms with Crippen molar-refractivity contribution in [3.8, 4) is 0 Å². The Hall–Kier alpha value is -0.930. The summed E-state index contributed by atoms with van der Waals surface area (Å²) in [6.45, 7) is 4.34. The number of likely N-dealkylation sites (N-methyl/N-ethyl adjacent to an activating group) is 1. The predicted molar refractivity (Wildman–Crippen MR) is 68.5 cm³/mol. The monoisotopic (exact) mass is 236 g/mol. The minimum atomic E-state index is -0.170. The first-order valence-corrected chi connectivity index (χ1v) is 6.36. The molecule has 1 aromatic rings. The zero-order valence-corrected chi connectivity index (χ0v) is 10.6. The van der Waals surface area contributed by atoms with Crippen LogP contribution >= 0.6 is 0 Å². The van der Waals surface area contributed by atoms with Gasteiger partial charge in [0.15, 0.2) is 0 Å². The average molecular weight is 236 g/mol. The van der Waals surface area contributed by atoms with Crippen molar-refractivity contribution < 1.29 is 4.39 Å². The molecule has 1 fully saturated rings. The Balaban J connectivity index is 1.84. The Labute approximate surface area is 103 Å². The average Bonchev–Trinajstić information content (AvgIpc) is 2.73. The molecule has 2 atom stereocenters. The lowest BCUT2D eigenvalue weighted by Gasteiger charge is -2.22. The van der Waals surface area contributed by atoms with Crippen LogP contribution in [0.5, 0.6) is 0 Å². The summed E-state index contributed by atoms with van der Waals surface area (Å²) in [6.07, 6.45) is 2.58. The molecule has 2 rings (SSSR count). The van der Waals surface area contributed by atoms with Crippen molar-refractivity contribution in [1.82, 2.24) is 10.2 Å². The van der Waals surface area contributed by atoms with Gasteiger partial charge in [0.05, 0.1) is 0 Å². The summed E-state index contributed by atoms with van der Waals surface area (Å²) >= 11 is 0. The number of hydrogen-bond acceptors (Lipinski definition) is 2. The van der Waals surface area contributed by atoms with Gasteiger partial charge in [-0.3, -0.25) is 0 Å². The first kappa shape index (κ1) is 12.5. The number of benzene rings is 1. The molecule has 3 heteroatoms. The van der Waals surface area contributed by atoms with Gasteiger partial charge < -0.3 is 10.2 Å². The molecule has 94 valence electrons. The molecule has 0 spiro atoms. The highest BCUT2D eigenvalue weighted by Gasteiger charge is 2.20. The molecule has 0 radical (unpaired) electrons. The van der Waals surface area contributed by atoms with Crippen LogP contribution in [0.4, 0.5) is 4.39 Å². The molecule has 1 aromatic carbocycles. The second-order valence-corrected chi connectivity index (χ2v) is 4.96. The first-order chi connectivity index (χ1) is 8.16. The fourth-order valence-electron chi connectivity index (χ4n) is 2.42. The Kier molecular flexibility index (Phi) is 4.13. The summed E-state index contributed by atoms with van der Waals surface area (Å²) in [5.41, 5.74) is 1.15. The highest BCUT2D eigenvalue weighted by Crippen LogP contribution is 2.16. The van der Waals surface area contributed by atoms with Gasteiger partial charge in [-0.1, -0.05) is 12.1 Å². The van der Waals surface area contributed by atoms with E-state index in [0.29, 0.717) is 6.04 Å². The molecule has 0 bridgehead atoms. The topological polar surface area (TPSA) is 15.3 Å². The van der Waals surface area contributed by atoms with Gasteiger partial charge in [-0.25, -0.2) is 4.39 Å². The van der Waals surface area contributed by atoms with Crippen LogP contribution in [0.2, 0.25) is 0 Å². The van der Waals surface area contributed by atoms with Crippen LogP contribution in [0.15, 0.2) is 24.3 Å². The van der Waals surface area contributed by atoms with Gasteiger partial charge in [0.2, 0.25) is 0 Å². The number of halogens is 1. The molecule has 2 unspecified atom stereocenters. The second kappa shape index (κ2) is 5.61. The van der Waals surface area contributed by atoms with E-state index in [1.807, 2.05) is 12.1 Å². The maximum atomic E-state index is 12.8. The van der Waals surface area contributed by atoms with Gasteiger partial charge in [-0.15, -0.1) is 0 Å². The van der Waals surface area contributed by atoms with E-state index in [1.54, 1.807) is 0 Å². The van der Waals surface area contributed by atoms with Crippen molar-refractivity contribution >= 4 is 0 Å². The lowest BCUT2D eigenvalue weighted by atomic mass is 10.1. The van der Waals surface area contributed by atoms with Gasteiger partial charge in [0.1, 0.15) is 5.82 Å². The molecule has 0 aromatic heterocycles. The zero-order chi connectivity index (χ0) is 12.3. The van der Waals surface area contributed by atoms with Gasteiger partial charge in [-0.2, -0.15) is 0 Å². The Bertz CT molecular complexity index is 350. The van der Waals surface area contributed by atoms with Crippen molar-refractivity contribution in [2.24, 2.45) is 0 Å².